The van der Waals surface area contributed by atoms with Crippen molar-refractivity contribution >= 4 is 11.9 Å². The highest BCUT2D eigenvalue weighted by Gasteiger charge is 2.27. The molecule has 0 N–H and O–H groups in total. The zero-order valence-electron chi connectivity index (χ0n) is 12.7. The summed E-state index contributed by atoms with van der Waals surface area (Å²) >= 11 is 0. The van der Waals surface area contributed by atoms with Crippen molar-refractivity contribution in [1.82, 2.24) is 14.9 Å². The van der Waals surface area contributed by atoms with Gasteiger partial charge in [-0.05, 0) is 6.92 Å². The number of ether oxygens (including phenoxy) is 1. The lowest BCUT2D eigenvalue weighted by Gasteiger charge is -2.21. The molecule has 1 atom stereocenters. The molecule has 0 fully saturated rings. The second-order valence-electron chi connectivity index (χ2n) is 4.97. The van der Waals surface area contributed by atoms with Crippen molar-refractivity contribution in [1.29, 1.82) is 0 Å². The summed E-state index contributed by atoms with van der Waals surface area (Å²) in [6.45, 7) is 1.77. The van der Waals surface area contributed by atoms with Gasteiger partial charge in [0, 0.05) is 25.9 Å². The lowest BCUT2D eigenvalue weighted by Crippen LogP contribution is -2.31. The highest BCUT2D eigenvalue weighted by molar-refractivity contribution is 5.90. The van der Waals surface area contributed by atoms with E-state index in [-0.39, 0.29) is 11.6 Å². The summed E-state index contributed by atoms with van der Waals surface area (Å²) in [6.07, 6.45) is 1.80. The fourth-order valence-corrected chi connectivity index (χ4v) is 1.79. The van der Waals surface area contributed by atoms with Crippen LogP contribution in [0.5, 0.6) is 0 Å². The molecule has 1 amide bonds. The topological polar surface area (TPSA) is 72.4 Å². The zero-order chi connectivity index (χ0) is 16.1. The molecular weight excluding hydrogens is 282 g/mol. The van der Waals surface area contributed by atoms with Crippen molar-refractivity contribution in [3.8, 4) is 0 Å². The van der Waals surface area contributed by atoms with Crippen molar-refractivity contribution in [3.05, 3.63) is 59.7 Å². The van der Waals surface area contributed by atoms with E-state index in [0.29, 0.717) is 11.3 Å². The van der Waals surface area contributed by atoms with Crippen LogP contribution in [0, 0.1) is 6.92 Å². The molecule has 0 spiro atoms. The first-order valence-corrected chi connectivity index (χ1v) is 6.75. The molecule has 0 aliphatic rings. The molecule has 22 heavy (non-hydrogen) atoms. The summed E-state index contributed by atoms with van der Waals surface area (Å²) in [6, 6.07) is 8.86. The standard InChI is InChI=1S/C16H17N3O3/c1-11-9-18-13(10-17-11)16(21)22-14(15(20)19(2)3)12-7-5-4-6-8-12/h4-10,14H,1-3H3/t14-/m1/s1. The van der Waals surface area contributed by atoms with Crippen molar-refractivity contribution in [2.45, 2.75) is 13.0 Å². The van der Waals surface area contributed by atoms with E-state index in [4.69, 9.17) is 4.74 Å². The van der Waals surface area contributed by atoms with E-state index in [1.54, 1.807) is 45.3 Å². The van der Waals surface area contributed by atoms with Gasteiger partial charge in [-0.25, -0.2) is 9.78 Å². The van der Waals surface area contributed by atoms with Crippen LogP contribution in [0.4, 0.5) is 0 Å². The molecule has 0 saturated carbocycles. The Bertz CT molecular complexity index is 654. The molecule has 0 aliphatic heterocycles. The minimum absolute atomic E-state index is 0.0677. The number of carbonyl (C=O) groups is 2. The van der Waals surface area contributed by atoms with Crippen LogP contribution in [-0.2, 0) is 9.53 Å². The number of hydrogen-bond acceptors (Lipinski definition) is 5. The number of esters is 1. The van der Waals surface area contributed by atoms with Gasteiger partial charge in [0.1, 0.15) is 0 Å². The normalized spacial score (nSPS) is 11.6. The molecule has 0 unspecified atom stereocenters. The smallest absolute Gasteiger partial charge is 0.359 e. The number of likely N-dealkylation sites (N-methyl/N-ethyl adjacent to an activating group) is 1. The Morgan fingerprint density at radius 2 is 1.77 bits per heavy atom. The number of aryl methyl sites for hydroxylation is 1. The summed E-state index contributed by atoms with van der Waals surface area (Å²) in [5.41, 5.74) is 1.37. The fourth-order valence-electron chi connectivity index (χ4n) is 1.79. The van der Waals surface area contributed by atoms with Crippen LogP contribution in [0.15, 0.2) is 42.7 Å². The van der Waals surface area contributed by atoms with Crippen molar-refractivity contribution in [2.75, 3.05) is 14.1 Å². The van der Waals surface area contributed by atoms with E-state index in [9.17, 15) is 9.59 Å². The number of nitrogens with zero attached hydrogens (tertiary/aromatic N) is 3. The molecule has 6 nitrogen and oxygen atoms in total. The van der Waals surface area contributed by atoms with Gasteiger partial charge in [0.25, 0.3) is 5.91 Å². The second kappa shape index (κ2) is 6.80. The first-order chi connectivity index (χ1) is 10.5. The Kier molecular flexibility index (Phi) is 4.83. The van der Waals surface area contributed by atoms with Gasteiger partial charge in [0.05, 0.1) is 11.9 Å². The van der Waals surface area contributed by atoms with Crippen molar-refractivity contribution in [3.63, 3.8) is 0 Å². The molecule has 1 heterocycles. The van der Waals surface area contributed by atoms with Crippen LogP contribution < -0.4 is 0 Å². The third kappa shape index (κ3) is 3.66. The second-order valence-corrected chi connectivity index (χ2v) is 4.97. The molecular formula is C16H17N3O3. The first kappa shape index (κ1) is 15.6. The van der Waals surface area contributed by atoms with E-state index in [1.165, 1.54) is 17.3 Å². The Hall–Kier alpha value is -2.76. The number of hydrogen-bond donors (Lipinski definition) is 0. The number of carbonyl (C=O) groups excluding carboxylic acids is 2. The molecule has 6 heteroatoms. The monoisotopic (exact) mass is 299 g/mol. The third-order valence-electron chi connectivity index (χ3n) is 2.98. The Balaban J connectivity index is 2.25. The van der Waals surface area contributed by atoms with E-state index in [2.05, 4.69) is 9.97 Å². The number of aromatic nitrogens is 2. The number of rotatable bonds is 4. The molecule has 0 bridgehead atoms. The summed E-state index contributed by atoms with van der Waals surface area (Å²) in [7, 11) is 3.22. The fraction of sp³-hybridized carbons (Fsp3) is 0.250. The van der Waals surface area contributed by atoms with E-state index >= 15 is 0 Å². The van der Waals surface area contributed by atoms with E-state index in [0.717, 1.165) is 0 Å². The molecule has 0 saturated heterocycles. The Morgan fingerprint density at radius 3 is 2.32 bits per heavy atom. The summed E-state index contributed by atoms with van der Waals surface area (Å²) < 4.78 is 5.35. The molecule has 1 aromatic heterocycles. The lowest BCUT2D eigenvalue weighted by molar-refractivity contribution is -0.138. The quantitative estimate of drug-likeness (QED) is 0.805. The van der Waals surface area contributed by atoms with Gasteiger partial charge in [-0.1, -0.05) is 30.3 Å². The van der Waals surface area contributed by atoms with Gasteiger partial charge >= 0.3 is 5.97 Å². The minimum Gasteiger partial charge on any atom is -0.443 e. The molecule has 114 valence electrons. The maximum Gasteiger partial charge on any atom is 0.359 e. The van der Waals surface area contributed by atoms with E-state index in [1.807, 2.05) is 6.07 Å². The van der Waals surface area contributed by atoms with Gasteiger partial charge in [-0.3, -0.25) is 9.78 Å². The predicted octanol–water partition coefficient (Wildman–Crippen LogP) is 1.77. The van der Waals surface area contributed by atoms with Gasteiger partial charge in [0.2, 0.25) is 6.10 Å². The van der Waals surface area contributed by atoms with Gasteiger partial charge in [-0.2, -0.15) is 0 Å². The average molecular weight is 299 g/mol. The molecule has 2 aromatic rings. The van der Waals surface area contributed by atoms with E-state index < -0.39 is 12.1 Å². The Labute approximate surface area is 128 Å². The first-order valence-electron chi connectivity index (χ1n) is 6.75. The summed E-state index contributed by atoms with van der Waals surface area (Å²) in [5, 5.41) is 0. The largest absolute Gasteiger partial charge is 0.443 e. The van der Waals surface area contributed by atoms with Crippen molar-refractivity contribution in [2.24, 2.45) is 0 Å². The van der Waals surface area contributed by atoms with Gasteiger partial charge in [-0.15, -0.1) is 0 Å². The highest BCUT2D eigenvalue weighted by atomic mass is 16.5. The highest BCUT2D eigenvalue weighted by Crippen LogP contribution is 2.20. The van der Waals surface area contributed by atoms with Crippen LogP contribution in [0.3, 0.4) is 0 Å². The zero-order valence-corrected chi connectivity index (χ0v) is 12.7. The average Bonchev–Trinajstić information content (AvgIpc) is 2.53. The third-order valence-corrected chi connectivity index (χ3v) is 2.98. The van der Waals surface area contributed by atoms with Crippen LogP contribution in [0.25, 0.3) is 0 Å². The predicted molar refractivity (Wildman–Crippen MR) is 80.1 cm³/mol. The van der Waals surface area contributed by atoms with Crippen LogP contribution in [-0.4, -0.2) is 40.8 Å². The Morgan fingerprint density at radius 1 is 1.09 bits per heavy atom. The maximum absolute atomic E-state index is 12.3. The molecule has 1 aromatic carbocycles. The van der Waals surface area contributed by atoms with Crippen molar-refractivity contribution < 1.29 is 14.3 Å². The maximum atomic E-state index is 12.3. The van der Waals surface area contributed by atoms with Crippen LogP contribution >= 0.6 is 0 Å². The lowest BCUT2D eigenvalue weighted by atomic mass is 10.1. The molecule has 2 rings (SSSR count). The number of benzene rings is 1. The summed E-state index contributed by atoms with van der Waals surface area (Å²) in [4.78, 5) is 33.8. The molecule has 0 radical (unpaired) electrons. The van der Waals surface area contributed by atoms with Gasteiger partial charge < -0.3 is 9.64 Å². The molecule has 0 aliphatic carbocycles. The van der Waals surface area contributed by atoms with Crippen LogP contribution in [0.2, 0.25) is 0 Å². The van der Waals surface area contributed by atoms with Crippen LogP contribution in [0.1, 0.15) is 27.8 Å². The SMILES string of the molecule is Cc1cnc(C(=O)O[C@@H](C(=O)N(C)C)c2ccccc2)cn1. The number of amides is 1. The van der Waals surface area contributed by atoms with Gasteiger partial charge in [0.15, 0.2) is 5.69 Å². The minimum atomic E-state index is -1.01. The summed E-state index contributed by atoms with van der Waals surface area (Å²) in [5.74, 6) is -1.00.